The zero-order valence-electron chi connectivity index (χ0n) is 16.7. The zero-order valence-corrected chi connectivity index (χ0v) is 19.1. The lowest BCUT2D eigenvalue weighted by Crippen LogP contribution is -2.16. The summed E-state index contributed by atoms with van der Waals surface area (Å²) in [6.07, 6.45) is 0.0118. The van der Waals surface area contributed by atoms with Gasteiger partial charge in [-0.05, 0) is 30.5 Å². The molecule has 0 spiro atoms. The molecule has 0 saturated heterocycles. The number of aromatic nitrogens is 1. The Morgan fingerprint density at radius 3 is 2.65 bits per heavy atom. The van der Waals surface area contributed by atoms with Gasteiger partial charge in [-0.1, -0.05) is 6.07 Å². The van der Waals surface area contributed by atoms with Gasteiger partial charge in [-0.2, -0.15) is 0 Å². The number of amides is 2. The molecule has 3 N–H and O–H groups in total. The van der Waals surface area contributed by atoms with E-state index in [1.54, 1.807) is 23.6 Å². The number of nitrogens with one attached hydrogen (secondary N) is 3. The first-order valence-corrected chi connectivity index (χ1v) is 12.5. The Morgan fingerprint density at radius 2 is 1.97 bits per heavy atom. The maximum atomic E-state index is 12.4. The molecule has 0 aliphatic carbocycles. The van der Waals surface area contributed by atoms with Crippen LogP contribution in [0.2, 0.25) is 0 Å². The second-order valence-electron chi connectivity index (χ2n) is 6.22. The van der Waals surface area contributed by atoms with E-state index in [2.05, 4.69) is 20.3 Å². The Labute approximate surface area is 187 Å². The summed E-state index contributed by atoms with van der Waals surface area (Å²) in [6.45, 7) is 1.53. The van der Waals surface area contributed by atoms with Crippen LogP contribution in [0.15, 0.2) is 41.1 Å². The van der Waals surface area contributed by atoms with E-state index in [1.807, 2.05) is 5.38 Å². The number of thiazole rings is 1. The number of hydrogen-bond donors (Lipinski definition) is 3. The van der Waals surface area contributed by atoms with Crippen molar-refractivity contribution in [1.82, 2.24) is 4.98 Å². The highest BCUT2D eigenvalue weighted by Crippen LogP contribution is 2.29. The number of thiophene rings is 1. The Kier molecular flexibility index (Phi) is 7.25. The van der Waals surface area contributed by atoms with Crippen LogP contribution in [0.4, 0.5) is 16.5 Å². The summed E-state index contributed by atoms with van der Waals surface area (Å²) in [5, 5.41) is 9.36. The Morgan fingerprint density at radius 1 is 1.16 bits per heavy atom. The predicted octanol–water partition coefficient (Wildman–Crippen LogP) is 3.41. The second-order valence-corrected chi connectivity index (χ2v) is 10.0. The summed E-state index contributed by atoms with van der Waals surface area (Å²) in [5.41, 5.74) is 1.25. The van der Waals surface area contributed by atoms with Crippen LogP contribution in [-0.2, 0) is 21.2 Å². The van der Waals surface area contributed by atoms with E-state index >= 15 is 0 Å². The summed E-state index contributed by atoms with van der Waals surface area (Å²) in [4.78, 5) is 29.3. The molecule has 3 aromatic rings. The quantitative estimate of drug-likeness (QED) is 0.431. The summed E-state index contributed by atoms with van der Waals surface area (Å²) < 4.78 is 31.2. The van der Waals surface area contributed by atoms with Gasteiger partial charge in [0, 0.05) is 17.1 Å². The third kappa shape index (κ3) is 6.26. The maximum Gasteiger partial charge on any atom is 0.267 e. The summed E-state index contributed by atoms with van der Waals surface area (Å²) in [6, 6.07) is 8.12. The van der Waals surface area contributed by atoms with Gasteiger partial charge in [0.25, 0.3) is 5.91 Å². The van der Waals surface area contributed by atoms with E-state index < -0.39 is 10.0 Å². The smallest absolute Gasteiger partial charge is 0.267 e. The van der Waals surface area contributed by atoms with E-state index in [0.29, 0.717) is 21.4 Å². The Bertz CT molecular complexity index is 1170. The van der Waals surface area contributed by atoms with Gasteiger partial charge in [0.15, 0.2) is 5.13 Å². The number of methoxy groups -OCH3 is 1. The van der Waals surface area contributed by atoms with Crippen molar-refractivity contribution in [2.75, 3.05) is 28.2 Å². The lowest BCUT2D eigenvalue weighted by atomic mass is 10.2. The minimum atomic E-state index is -3.46. The molecule has 0 fully saturated rings. The van der Waals surface area contributed by atoms with Gasteiger partial charge in [-0.15, -0.1) is 22.7 Å². The van der Waals surface area contributed by atoms with Gasteiger partial charge in [0.05, 0.1) is 35.5 Å². The van der Waals surface area contributed by atoms with Crippen LogP contribution < -0.4 is 20.1 Å². The number of benzene rings is 1. The molecule has 2 heterocycles. The summed E-state index contributed by atoms with van der Waals surface area (Å²) in [5.74, 6) is -0.350. The third-order valence-electron chi connectivity index (χ3n) is 3.99. The van der Waals surface area contributed by atoms with Crippen LogP contribution in [0.5, 0.6) is 5.75 Å². The molecular weight excluding hydrogens is 460 g/mol. The fraction of sp³-hybridized carbons (Fsp3) is 0.211. The molecule has 1 aromatic carbocycles. The van der Waals surface area contributed by atoms with Gasteiger partial charge in [-0.3, -0.25) is 19.6 Å². The molecule has 12 heteroatoms. The molecule has 0 bridgehead atoms. The Hall–Kier alpha value is -2.96. The molecule has 0 radical (unpaired) electrons. The standard InChI is InChI=1S/C19H20N4O5S3/c1-3-31(26,27)23-14-7-6-12(9-15(14)28-2)20-17(24)10-13-11-30-19(21-13)22-18(25)16-5-4-8-29-16/h4-9,11,23H,3,10H2,1-2H3,(H,20,24)(H,21,22,25). The van der Waals surface area contributed by atoms with E-state index in [4.69, 9.17) is 4.74 Å². The van der Waals surface area contributed by atoms with Crippen LogP contribution in [0.1, 0.15) is 22.3 Å². The lowest BCUT2D eigenvalue weighted by Gasteiger charge is -2.13. The van der Waals surface area contributed by atoms with Crippen LogP contribution in [0.25, 0.3) is 0 Å². The van der Waals surface area contributed by atoms with E-state index in [9.17, 15) is 18.0 Å². The van der Waals surface area contributed by atoms with Gasteiger partial charge in [0.2, 0.25) is 15.9 Å². The number of carbonyl (C=O) groups excluding carboxylic acids is 2. The lowest BCUT2D eigenvalue weighted by molar-refractivity contribution is -0.115. The van der Waals surface area contributed by atoms with Gasteiger partial charge in [-0.25, -0.2) is 13.4 Å². The molecule has 2 amide bonds. The largest absolute Gasteiger partial charge is 0.494 e. The maximum absolute atomic E-state index is 12.4. The molecule has 3 rings (SSSR count). The fourth-order valence-corrected chi connectivity index (χ4v) is 4.45. The van der Waals surface area contributed by atoms with E-state index in [0.717, 1.165) is 0 Å². The number of carbonyl (C=O) groups is 2. The highest BCUT2D eigenvalue weighted by atomic mass is 32.2. The number of rotatable bonds is 9. The first kappa shape index (κ1) is 22.7. The first-order valence-electron chi connectivity index (χ1n) is 9.07. The van der Waals surface area contributed by atoms with E-state index in [1.165, 1.54) is 48.8 Å². The highest BCUT2D eigenvalue weighted by Gasteiger charge is 2.14. The van der Waals surface area contributed by atoms with Crippen molar-refractivity contribution in [3.8, 4) is 5.75 Å². The molecule has 164 valence electrons. The monoisotopic (exact) mass is 480 g/mol. The molecule has 2 aromatic heterocycles. The zero-order chi connectivity index (χ0) is 22.4. The number of hydrogen-bond acceptors (Lipinski definition) is 8. The fourth-order valence-electron chi connectivity index (χ4n) is 2.47. The van der Waals surface area contributed by atoms with Crippen molar-refractivity contribution >= 4 is 61.0 Å². The third-order valence-corrected chi connectivity index (χ3v) is 6.96. The number of ether oxygens (including phenoxy) is 1. The Balaban J connectivity index is 1.60. The number of anilines is 3. The normalized spacial score (nSPS) is 11.0. The van der Waals surface area contributed by atoms with Gasteiger partial charge in [0.1, 0.15) is 5.75 Å². The topological polar surface area (TPSA) is 126 Å². The minimum Gasteiger partial charge on any atom is -0.494 e. The second kappa shape index (κ2) is 9.90. The van der Waals surface area contributed by atoms with Crippen molar-refractivity contribution in [2.24, 2.45) is 0 Å². The minimum absolute atomic E-state index is 0.0118. The van der Waals surface area contributed by atoms with Crippen LogP contribution in [0, 0.1) is 0 Å². The van der Waals surface area contributed by atoms with Crippen molar-refractivity contribution in [3.63, 3.8) is 0 Å². The van der Waals surface area contributed by atoms with Crippen LogP contribution >= 0.6 is 22.7 Å². The van der Waals surface area contributed by atoms with Crippen LogP contribution in [0.3, 0.4) is 0 Å². The summed E-state index contributed by atoms with van der Waals surface area (Å²) >= 11 is 2.56. The van der Waals surface area contributed by atoms with Gasteiger partial charge >= 0.3 is 0 Å². The van der Waals surface area contributed by atoms with Crippen molar-refractivity contribution in [2.45, 2.75) is 13.3 Å². The van der Waals surface area contributed by atoms with Crippen LogP contribution in [-0.4, -0.2) is 38.1 Å². The molecule has 0 saturated carbocycles. The molecule has 0 unspecified atom stereocenters. The average molecular weight is 481 g/mol. The van der Waals surface area contributed by atoms with Crippen molar-refractivity contribution < 1.29 is 22.7 Å². The number of nitrogens with zero attached hydrogens (tertiary/aromatic N) is 1. The molecule has 9 nitrogen and oxygen atoms in total. The molecule has 0 aliphatic heterocycles. The number of sulfonamides is 1. The average Bonchev–Trinajstić information content (AvgIpc) is 3.41. The van der Waals surface area contributed by atoms with Crippen molar-refractivity contribution in [3.05, 3.63) is 51.7 Å². The summed E-state index contributed by atoms with van der Waals surface area (Å²) in [7, 11) is -2.05. The first-order chi connectivity index (χ1) is 14.8. The molecule has 0 aliphatic rings. The van der Waals surface area contributed by atoms with Gasteiger partial charge < -0.3 is 10.1 Å². The molecule has 31 heavy (non-hydrogen) atoms. The molecule has 0 atom stereocenters. The molecular formula is C19H20N4O5S3. The van der Waals surface area contributed by atoms with Crippen molar-refractivity contribution in [1.29, 1.82) is 0 Å². The van der Waals surface area contributed by atoms with E-state index in [-0.39, 0.29) is 35.4 Å². The predicted molar refractivity (Wildman–Crippen MR) is 123 cm³/mol. The highest BCUT2D eigenvalue weighted by molar-refractivity contribution is 7.92. The SMILES string of the molecule is CCS(=O)(=O)Nc1ccc(NC(=O)Cc2csc(NC(=O)c3cccs3)n2)cc1OC.